The molecular formula is C4H7ClN2OS. The molecule has 0 aliphatic carbocycles. The number of hydrogen-bond donors (Lipinski definition) is 2. The van der Waals surface area contributed by atoms with Crippen LogP contribution in [0.2, 0.25) is 0 Å². The van der Waals surface area contributed by atoms with Crippen LogP contribution in [0.1, 0.15) is 0 Å². The van der Waals surface area contributed by atoms with Crippen molar-refractivity contribution in [2.45, 2.75) is 10.1 Å². The van der Waals surface area contributed by atoms with Gasteiger partial charge in [-0.05, 0) is 0 Å². The summed E-state index contributed by atoms with van der Waals surface area (Å²) in [5, 5.41) is 2.58. The molecule has 2 atom stereocenters. The van der Waals surface area contributed by atoms with Crippen molar-refractivity contribution in [1.82, 2.24) is 5.32 Å². The van der Waals surface area contributed by atoms with E-state index in [1.165, 1.54) is 11.8 Å². The molecule has 0 aromatic heterocycles. The lowest BCUT2D eigenvalue weighted by Crippen LogP contribution is -2.34. The maximum atomic E-state index is 10.4. The summed E-state index contributed by atoms with van der Waals surface area (Å²) in [5.41, 5.74) is 4.98. The van der Waals surface area contributed by atoms with Gasteiger partial charge in [0.15, 0.2) is 0 Å². The first-order valence-electron chi connectivity index (χ1n) is 2.52. The molecule has 0 saturated carbocycles. The van der Waals surface area contributed by atoms with E-state index in [1.807, 2.05) is 0 Å². The number of halogens is 1. The number of carbonyl (C=O) groups excluding carboxylic acids is 1. The third-order valence-corrected chi connectivity index (χ3v) is 2.60. The number of primary amides is 1. The maximum Gasteiger partial charge on any atom is 0.245 e. The summed E-state index contributed by atoms with van der Waals surface area (Å²) in [6.45, 7) is 0.653. The molecule has 5 heteroatoms. The third-order valence-electron chi connectivity index (χ3n) is 1.01. The Morgan fingerprint density at radius 2 is 2.56 bits per heavy atom. The van der Waals surface area contributed by atoms with E-state index in [9.17, 15) is 4.79 Å². The predicted molar refractivity (Wildman–Crippen MR) is 38.2 cm³/mol. The Balaban J connectivity index is 2.39. The van der Waals surface area contributed by atoms with E-state index in [1.54, 1.807) is 0 Å². The normalized spacial score (nSPS) is 34.8. The molecule has 2 unspecified atom stereocenters. The van der Waals surface area contributed by atoms with E-state index in [0.29, 0.717) is 6.54 Å². The highest BCUT2D eigenvalue weighted by Crippen LogP contribution is 2.24. The summed E-state index contributed by atoms with van der Waals surface area (Å²) in [4.78, 5) is 10.4. The van der Waals surface area contributed by atoms with E-state index in [-0.39, 0.29) is 16.0 Å². The number of nitrogens with one attached hydrogen (secondary N) is 1. The second kappa shape index (κ2) is 2.77. The molecule has 1 saturated heterocycles. The molecule has 9 heavy (non-hydrogen) atoms. The van der Waals surface area contributed by atoms with Crippen LogP contribution in [0.5, 0.6) is 0 Å². The monoisotopic (exact) mass is 166 g/mol. The SMILES string of the molecule is NC(=O)C1NCC(Cl)S1. The lowest BCUT2D eigenvalue weighted by Gasteiger charge is -2.00. The molecule has 0 radical (unpaired) electrons. The van der Waals surface area contributed by atoms with E-state index in [0.717, 1.165) is 0 Å². The minimum absolute atomic E-state index is 0.0116. The number of rotatable bonds is 1. The smallest absolute Gasteiger partial charge is 0.245 e. The fraction of sp³-hybridized carbons (Fsp3) is 0.750. The third kappa shape index (κ3) is 1.74. The van der Waals surface area contributed by atoms with Crippen molar-refractivity contribution in [2.24, 2.45) is 5.73 Å². The van der Waals surface area contributed by atoms with Crippen molar-refractivity contribution >= 4 is 29.3 Å². The van der Waals surface area contributed by atoms with Crippen molar-refractivity contribution in [3.05, 3.63) is 0 Å². The average Bonchev–Trinajstić information content (AvgIpc) is 2.14. The zero-order chi connectivity index (χ0) is 6.85. The van der Waals surface area contributed by atoms with Gasteiger partial charge in [-0.1, -0.05) is 0 Å². The van der Waals surface area contributed by atoms with Crippen LogP contribution in [0.3, 0.4) is 0 Å². The van der Waals surface area contributed by atoms with E-state index < -0.39 is 0 Å². The molecule has 0 spiro atoms. The predicted octanol–water partition coefficient (Wildman–Crippen LogP) is -0.301. The second-order valence-corrected chi connectivity index (χ2v) is 3.84. The van der Waals surface area contributed by atoms with Crippen molar-refractivity contribution < 1.29 is 4.79 Å². The molecule has 3 nitrogen and oxygen atoms in total. The van der Waals surface area contributed by atoms with Crippen LogP contribution in [-0.2, 0) is 4.79 Å². The van der Waals surface area contributed by atoms with Crippen LogP contribution >= 0.6 is 23.4 Å². The topological polar surface area (TPSA) is 55.1 Å². The van der Waals surface area contributed by atoms with E-state index >= 15 is 0 Å². The van der Waals surface area contributed by atoms with E-state index in [4.69, 9.17) is 17.3 Å². The van der Waals surface area contributed by atoms with Crippen molar-refractivity contribution in [3.8, 4) is 0 Å². The molecule has 1 amide bonds. The Morgan fingerprint density at radius 1 is 1.89 bits per heavy atom. The van der Waals surface area contributed by atoms with Gasteiger partial charge in [0.05, 0.1) is 4.71 Å². The number of hydrogen-bond acceptors (Lipinski definition) is 3. The summed E-state index contributed by atoms with van der Waals surface area (Å²) in [6.07, 6.45) is 0. The number of nitrogens with two attached hydrogens (primary N) is 1. The molecule has 52 valence electrons. The van der Waals surface area contributed by atoms with Gasteiger partial charge in [-0.25, -0.2) is 0 Å². The quantitative estimate of drug-likeness (QED) is 0.526. The van der Waals surface area contributed by atoms with Crippen molar-refractivity contribution in [3.63, 3.8) is 0 Å². The second-order valence-electron chi connectivity index (χ2n) is 1.74. The fourth-order valence-corrected chi connectivity index (χ4v) is 1.82. The number of amides is 1. The first-order valence-corrected chi connectivity index (χ1v) is 3.90. The van der Waals surface area contributed by atoms with Crippen LogP contribution in [0.15, 0.2) is 0 Å². The molecule has 1 aliphatic heterocycles. The molecule has 0 aromatic rings. The van der Waals surface area contributed by atoms with Crippen LogP contribution in [0.25, 0.3) is 0 Å². The minimum atomic E-state index is -0.344. The summed E-state index contributed by atoms with van der Waals surface area (Å²) in [5.74, 6) is -0.344. The van der Waals surface area contributed by atoms with Gasteiger partial charge < -0.3 is 5.73 Å². The Morgan fingerprint density at radius 3 is 2.78 bits per heavy atom. The minimum Gasteiger partial charge on any atom is -0.368 e. The molecule has 1 aliphatic rings. The van der Waals surface area contributed by atoms with Crippen molar-refractivity contribution in [1.29, 1.82) is 0 Å². The van der Waals surface area contributed by atoms with Crippen LogP contribution < -0.4 is 11.1 Å². The largest absolute Gasteiger partial charge is 0.368 e. The van der Waals surface area contributed by atoms with Crippen LogP contribution in [-0.4, -0.2) is 22.5 Å². The van der Waals surface area contributed by atoms with Gasteiger partial charge in [0, 0.05) is 6.54 Å². The molecule has 1 rings (SSSR count). The van der Waals surface area contributed by atoms with Gasteiger partial charge in [0.2, 0.25) is 5.91 Å². The zero-order valence-electron chi connectivity index (χ0n) is 4.63. The standard InChI is InChI=1S/C4H7ClN2OS/c5-2-1-7-4(9-2)3(6)8/h2,4,7H,1H2,(H2,6,8). The van der Waals surface area contributed by atoms with Gasteiger partial charge in [0.25, 0.3) is 0 Å². The maximum absolute atomic E-state index is 10.4. The Hall–Kier alpha value is 0.0700. The lowest BCUT2D eigenvalue weighted by atomic mass is 10.6. The summed E-state index contributed by atoms with van der Waals surface area (Å²) in [7, 11) is 0. The van der Waals surface area contributed by atoms with Crippen LogP contribution in [0, 0.1) is 0 Å². The Kier molecular flexibility index (Phi) is 2.21. The molecule has 0 aromatic carbocycles. The highest BCUT2D eigenvalue weighted by molar-refractivity contribution is 8.02. The van der Waals surface area contributed by atoms with Gasteiger partial charge >= 0.3 is 0 Å². The Bertz CT molecular complexity index is 132. The molecule has 3 N–H and O–H groups in total. The van der Waals surface area contributed by atoms with Crippen molar-refractivity contribution in [2.75, 3.05) is 6.54 Å². The number of carbonyl (C=O) groups is 1. The first-order chi connectivity index (χ1) is 4.20. The molecule has 1 heterocycles. The summed E-state index contributed by atoms with van der Waals surface area (Å²) >= 11 is 7.00. The number of alkyl halides is 1. The summed E-state index contributed by atoms with van der Waals surface area (Å²) < 4.78 is -0.0116. The highest BCUT2D eigenvalue weighted by atomic mass is 35.5. The number of thioether (sulfide) groups is 1. The van der Waals surface area contributed by atoms with Gasteiger partial charge in [-0.15, -0.1) is 23.4 Å². The zero-order valence-corrected chi connectivity index (χ0v) is 6.21. The van der Waals surface area contributed by atoms with Gasteiger partial charge in [0.1, 0.15) is 5.37 Å². The van der Waals surface area contributed by atoms with Gasteiger partial charge in [-0.2, -0.15) is 0 Å². The highest BCUT2D eigenvalue weighted by Gasteiger charge is 2.26. The molecule has 1 fully saturated rings. The first kappa shape index (κ1) is 7.18. The van der Waals surface area contributed by atoms with E-state index in [2.05, 4.69) is 5.32 Å². The fourth-order valence-electron chi connectivity index (χ4n) is 0.611. The average molecular weight is 167 g/mol. The lowest BCUT2D eigenvalue weighted by molar-refractivity contribution is -0.117. The Labute approximate surface area is 62.3 Å². The van der Waals surface area contributed by atoms with Crippen LogP contribution in [0.4, 0.5) is 0 Å². The molecule has 0 bridgehead atoms. The van der Waals surface area contributed by atoms with Gasteiger partial charge in [-0.3, -0.25) is 10.1 Å². The summed E-state index contributed by atoms with van der Waals surface area (Å²) in [6, 6.07) is 0. The molecular weight excluding hydrogens is 160 g/mol.